The summed E-state index contributed by atoms with van der Waals surface area (Å²) < 4.78 is 22.2. The largest absolute Gasteiger partial charge is 0.436 e. The van der Waals surface area contributed by atoms with Crippen LogP contribution < -0.4 is 4.74 Å². The molecule has 0 unspecified atom stereocenters. The molecule has 1 N–H and O–H groups in total. The van der Waals surface area contributed by atoms with Gasteiger partial charge in [0.15, 0.2) is 11.6 Å². The van der Waals surface area contributed by atoms with E-state index in [9.17, 15) is 9.50 Å². The van der Waals surface area contributed by atoms with Crippen LogP contribution in [-0.4, -0.2) is 39.0 Å². The number of rotatable bonds is 12. The van der Waals surface area contributed by atoms with E-state index in [-0.39, 0.29) is 5.75 Å². The van der Waals surface area contributed by atoms with E-state index in [4.69, 9.17) is 9.84 Å². The van der Waals surface area contributed by atoms with Crippen LogP contribution in [0.2, 0.25) is 0 Å². The van der Waals surface area contributed by atoms with Gasteiger partial charge >= 0.3 is 0 Å². The van der Waals surface area contributed by atoms with E-state index in [0.717, 1.165) is 42.6 Å². The number of benzene rings is 2. The number of hydrogen-bond donors (Lipinski definition) is 1. The molecule has 0 aliphatic rings. The molecule has 2 aromatic carbocycles. The van der Waals surface area contributed by atoms with Crippen LogP contribution in [0.5, 0.6) is 11.6 Å². The van der Waals surface area contributed by atoms with Gasteiger partial charge in [-0.2, -0.15) is 5.10 Å². The molecule has 5 nitrogen and oxygen atoms in total. The van der Waals surface area contributed by atoms with E-state index in [1.165, 1.54) is 6.07 Å². The van der Waals surface area contributed by atoms with Crippen LogP contribution in [-0.2, 0) is 13.6 Å². The number of aliphatic hydroxyl groups excluding tert-OH is 1. The molecule has 6 heteroatoms. The van der Waals surface area contributed by atoms with Gasteiger partial charge in [-0.3, -0.25) is 4.90 Å². The zero-order valence-corrected chi connectivity index (χ0v) is 20.2. The van der Waals surface area contributed by atoms with E-state index in [1.54, 1.807) is 22.9 Å². The van der Waals surface area contributed by atoms with Gasteiger partial charge in [-0.05, 0) is 24.5 Å². The van der Waals surface area contributed by atoms with Crippen molar-refractivity contribution in [2.24, 2.45) is 13.0 Å². The molecule has 0 saturated carbocycles. The van der Waals surface area contributed by atoms with Crippen molar-refractivity contribution in [1.82, 2.24) is 14.7 Å². The van der Waals surface area contributed by atoms with Crippen molar-refractivity contribution in [3.8, 4) is 22.9 Å². The Balaban J connectivity index is 1.99. The Morgan fingerprint density at radius 2 is 1.76 bits per heavy atom. The monoisotopic (exact) mass is 453 g/mol. The first-order valence-electron chi connectivity index (χ1n) is 11.8. The first-order chi connectivity index (χ1) is 15.9. The molecule has 178 valence electrons. The van der Waals surface area contributed by atoms with Crippen LogP contribution in [0.25, 0.3) is 11.3 Å². The molecule has 0 aliphatic heterocycles. The van der Waals surface area contributed by atoms with Gasteiger partial charge in [-0.1, -0.05) is 76.1 Å². The van der Waals surface area contributed by atoms with E-state index >= 15 is 0 Å². The fourth-order valence-corrected chi connectivity index (χ4v) is 4.05. The fraction of sp³-hybridized carbons (Fsp3) is 0.444. The standard InChI is InChI=1S/C27H36FN3O2/c1-5-6-14-22(32)18-31(17-20(2)3)19-23-26(21-12-8-7-9-13-21)29-30(4)27(23)33-25-16-11-10-15-24(25)28/h7-13,15-16,20,22,32H,5-6,14,17-19H2,1-4H3/t22-/m1/s1. The number of hydrogen-bond acceptors (Lipinski definition) is 4. The Morgan fingerprint density at radius 3 is 2.42 bits per heavy atom. The average Bonchev–Trinajstić information content (AvgIpc) is 3.09. The second kappa shape index (κ2) is 12.0. The molecule has 0 amide bonds. The van der Waals surface area contributed by atoms with Crippen LogP contribution in [0.1, 0.15) is 45.6 Å². The number of nitrogens with zero attached hydrogens (tertiary/aromatic N) is 3. The molecule has 0 radical (unpaired) electrons. The van der Waals surface area contributed by atoms with Gasteiger partial charge in [0.2, 0.25) is 5.88 Å². The second-order valence-corrected chi connectivity index (χ2v) is 9.04. The number of para-hydroxylation sites is 1. The molecule has 0 bridgehead atoms. The van der Waals surface area contributed by atoms with Crippen LogP contribution in [0.4, 0.5) is 4.39 Å². The van der Waals surface area contributed by atoms with E-state index in [1.807, 2.05) is 37.4 Å². The van der Waals surface area contributed by atoms with Crippen molar-refractivity contribution < 1.29 is 14.2 Å². The van der Waals surface area contributed by atoms with Gasteiger partial charge in [0.1, 0.15) is 5.69 Å². The quantitative estimate of drug-likeness (QED) is 0.364. The summed E-state index contributed by atoms with van der Waals surface area (Å²) in [5.41, 5.74) is 2.67. The maximum absolute atomic E-state index is 14.4. The first kappa shape index (κ1) is 24.9. The molecule has 0 spiro atoms. The van der Waals surface area contributed by atoms with Gasteiger partial charge in [0.05, 0.1) is 11.7 Å². The predicted octanol–water partition coefficient (Wildman–Crippen LogP) is 6.03. The van der Waals surface area contributed by atoms with Crippen molar-refractivity contribution in [3.63, 3.8) is 0 Å². The molecule has 0 aliphatic carbocycles. The summed E-state index contributed by atoms with van der Waals surface area (Å²) >= 11 is 0. The highest BCUT2D eigenvalue weighted by atomic mass is 19.1. The van der Waals surface area contributed by atoms with E-state index in [0.29, 0.717) is 24.9 Å². The smallest absolute Gasteiger partial charge is 0.222 e. The summed E-state index contributed by atoms with van der Waals surface area (Å²) in [6.07, 6.45) is 2.45. The molecule has 3 rings (SSSR count). The zero-order valence-electron chi connectivity index (χ0n) is 20.2. The lowest BCUT2D eigenvalue weighted by atomic mass is 10.1. The molecule has 33 heavy (non-hydrogen) atoms. The SMILES string of the molecule is CCCC[C@@H](O)CN(Cc1c(-c2ccccc2)nn(C)c1Oc1ccccc1F)CC(C)C. The molecule has 3 aromatic rings. The van der Waals surface area contributed by atoms with E-state index < -0.39 is 11.9 Å². The summed E-state index contributed by atoms with van der Waals surface area (Å²) in [5, 5.41) is 15.4. The zero-order chi connectivity index (χ0) is 23.8. The predicted molar refractivity (Wildman–Crippen MR) is 131 cm³/mol. The van der Waals surface area contributed by atoms with E-state index in [2.05, 4.69) is 25.7 Å². The highest BCUT2D eigenvalue weighted by Crippen LogP contribution is 2.35. The molecule has 1 aromatic heterocycles. The van der Waals surface area contributed by atoms with Gasteiger partial charge in [-0.25, -0.2) is 9.07 Å². The lowest BCUT2D eigenvalue weighted by Crippen LogP contribution is -2.35. The number of ether oxygens (including phenoxy) is 1. The number of halogens is 1. The number of unbranched alkanes of at least 4 members (excludes halogenated alkanes) is 1. The Hall–Kier alpha value is -2.70. The number of aromatic nitrogens is 2. The molecule has 0 saturated heterocycles. The highest BCUT2D eigenvalue weighted by molar-refractivity contribution is 5.65. The molecule has 1 heterocycles. The summed E-state index contributed by atoms with van der Waals surface area (Å²) in [5.74, 6) is 0.687. The van der Waals surface area contributed by atoms with Gasteiger partial charge < -0.3 is 9.84 Å². The average molecular weight is 454 g/mol. The van der Waals surface area contributed by atoms with Crippen molar-refractivity contribution in [1.29, 1.82) is 0 Å². The number of aliphatic hydroxyl groups is 1. The van der Waals surface area contributed by atoms with Crippen molar-refractivity contribution in [3.05, 3.63) is 66.0 Å². The second-order valence-electron chi connectivity index (χ2n) is 9.04. The van der Waals surface area contributed by atoms with Crippen molar-refractivity contribution in [2.75, 3.05) is 13.1 Å². The maximum Gasteiger partial charge on any atom is 0.222 e. The number of aryl methyl sites for hydroxylation is 1. The van der Waals surface area contributed by atoms with Gasteiger partial charge in [0.25, 0.3) is 0 Å². The Bertz CT molecular complexity index is 1000. The minimum Gasteiger partial charge on any atom is -0.436 e. The summed E-state index contributed by atoms with van der Waals surface area (Å²) in [4.78, 5) is 2.25. The third-order valence-electron chi connectivity index (χ3n) is 5.54. The minimum absolute atomic E-state index is 0.166. The normalized spacial score (nSPS) is 12.5. The van der Waals surface area contributed by atoms with Crippen LogP contribution in [0.3, 0.4) is 0 Å². The molecule has 1 atom stereocenters. The van der Waals surface area contributed by atoms with Crippen molar-refractivity contribution >= 4 is 0 Å². The first-order valence-corrected chi connectivity index (χ1v) is 11.8. The minimum atomic E-state index is -0.417. The fourth-order valence-electron chi connectivity index (χ4n) is 4.05. The Labute approximate surface area is 196 Å². The van der Waals surface area contributed by atoms with Crippen LogP contribution in [0, 0.1) is 11.7 Å². The Kier molecular flexibility index (Phi) is 9.03. The summed E-state index contributed by atoms with van der Waals surface area (Å²) in [6.45, 7) is 8.41. The third kappa shape index (κ3) is 6.89. The molecular weight excluding hydrogens is 417 g/mol. The highest BCUT2D eigenvalue weighted by Gasteiger charge is 2.24. The summed E-state index contributed by atoms with van der Waals surface area (Å²) in [6, 6.07) is 16.4. The molecule has 0 fully saturated rings. The Morgan fingerprint density at radius 1 is 1.06 bits per heavy atom. The summed E-state index contributed by atoms with van der Waals surface area (Å²) in [7, 11) is 1.81. The topological polar surface area (TPSA) is 50.5 Å². The van der Waals surface area contributed by atoms with Crippen LogP contribution in [0.15, 0.2) is 54.6 Å². The van der Waals surface area contributed by atoms with Crippen LogP contribution >= 0.6 is 0 Å². The lowest BCUT2D eigenvalue weighted by Gasteiger charge is -2.27. The van der Waals surface area contributed by atoms with Gasteiger partial charge in [-0.15, -0.1) is 0 Å². The van der Waals surface area contributed by atoms with Crippen molar-refractivity contribution in [2.45, 2.75) is 52.7 Å². The molecular formula is C27H36FN3O2. The van der Waals surface area contributed by atoms with Gasteiger partial charge in [0, 0.05) is 32.2 Å². The maximum atomic E-state index is 14.4. The lowest BCUT2D eigenvalue weighted by molar-refractivity contribution is 0.0929. The third-order valence-corrected chi connectivity index (χ3v) is 5.54.